The van der Waals surface area contributed by atoms with Crippen molar-refractivity contribution in [1.82, 2.24) is 4.98 Å². The summed E-state index contributed by atoms with van der Waals surface area (Å²) >= 11 is 12.3. The normalized spacial score (nSPS) is 17.8. The van der Waals surface area contributed by atoms with Crippen LogP contribution in [-0.4, -0.2) is 18.1 Å². The van der Waals surface area contributed by atoms with E-state index in [-0.39, 0.29) is 0 Å². The van der Waals surface area contributed by atoms with Gasteiger partial charge in [-0.2, -0.15) is 0 Å². The maximum atomic E-state index is 6.26. The topological polar surface area (TPSA) is 54.2 Å². The average molecular weight is 303 g/mol. The molecule has 0 atom stereocenters. The first kappa shape index (κ1) is 14.7. The van der Waals surface area contributed by atoms with E-state index in [9.17, 15) is 0 Å². The summed E-state index contributed by atoms with van der Waals surface area (Å²) in [6.45, 7) is 6.45. The number of nitrogens with two attached hydrogens (primary N) is 1. The number of nitrogens with one attached hydrogen (secondary N) is 1. The number of anilines is 2. The van der Waals surface area contributed by atoms with E-state index in [1.165, 1.54) is 19.3 Å². The van der Waals surface area contributed by atoms with Gasteiger partial charge >= 0.3 is 0 Å². The van der Waals surface area contributed by atoms with Crippen molar-refractivity contribution in [3.8, 4) is 0 Å². The van der Waals surface area contributed by atoms with E-state index in [0.29, 0.717) is 21.3 Å². The van der Waals surface area contributed by atoms with Crippen LogP contribution in [0.5, 0.6) is 0 Å². The molecule has 1 fully saturated rings. The molecule has 0 bridgehead atoms. The highest BCUT2D eigenvalue weighted by Gasteiger charge is 2.36. The summed E-state index contributed by atoms with van der Waals surface area (Å²) in [7, 11) is 0. The van der Waals surface area contributed by atoms with Crippen molar-refractivity contribution in [3.63, 3.8) is 0 Å². The van der Waals surface area contributed by atoms with Gasteiger partial charge in [0.15, 0.2) is 5.82 Å². The third-order valence-electron chi connectivity index (χ3n) is 4.29. The van der Waals surface area contributed by atoms with Crippen molar-refractivity contribution in [3.05, 3.63) is 16.1 Å². The molecule has 0 aromatic carbocycles. The number of hydrogen-bond acceptors (Lipinski definition) is 4. The molecule has 0 spiro atoms. The maximum absolute atomic E-state index is 6.26. The molecule has 1 aromatic heterocycles. The predicted molar refractivity (Wildman–Crippen MR) is 81.9 cm³/mol. The van der Waals surface area contributed by atoms with Gasteiger partial charge < -0.3 is 10.3 Å². The van der Waals surface area contributed by atoms with Gasteiger partial charge in [-0.1, -0.05) is 37.0 Å². The Morgan fingerprint density at radius 1 is 1.37 bits per heavy atom. The molecule has 0 aliphatic carbocycles. The first-order valence-electron chi connectivity index (χ1n) is 6.63. The van der Waals surface area contributed by atoms with E-state index < -0.39 is 0 Å². The fourth-order valence-electron chi connectivity index (χ4n) is 2.72. The van der Waals surface area contributed by atoms with E-state index in [0.717, 1.165) is 18.9 Å². The average Bonchev–Trinajstić information content (AvgIpc) is 2.84. The third-order valence-corrected chi connectivity index (χ3v) is 4.85. The first-order valence-corrected chi connectivity index (χ1v) is 7.38. The van der Waals surface area contributed by atoms with Crippen molar-refractivity contribution >= 4 is 34.8 Å². The lowest BCUT2D eigenvalue weighted by atomic mass is 9.82. The number of halogens is 2. The molecule has 0 saturated carbocycles. The van der Waals surface area contributed by atoms with E-state index in [1.807, 2.05) is 0 Å². The summed E-state index contributed by atoms with van der Waals surface area (Å²) in [5.74, 6) is 6.65. The van der Waals surface area contributed by atoms with Crippen LogP contribution in [0.3, 0.4) is 0 Å². The second-order valence-electron chi connectivity index (χ2n) is 5.15. The Kier molecular flexibility index (Phi) is 4.43. The minimum atomic E-state index is 0.376. The molecule has 1 aliphatic heterocycles. The zero-order valence-electron chi connectivity index (χ0n) is 11.3. The maximum Gasteiger partial charge on any atom is 0.161 e. The Morgan fingerprint density at radius 3 is 2.58 bits per heavy atom. The van der Waals surface area contributed by atoms with Crippen molar-refractivity contribution < 1.29 is 0 Å². The molecule has 0 radical (unpaired) electrons. The van der Waals surface area contributed by atoms with Gasteiger partial charge in [-0.15, -0.1) is 0 Å². The van der Waals surface area contributed by atoms with Crippen LogP contribution in [0.1, 0.15) is 33.1 Å². The van der Waals surface area contributed by atoms with E-state index in [1.54, 1.807) is 6.07 Å². The van der Waals surface area contributed by atoms with Gasteiger partial charge in [-0.25, -0.2) is 10.8 Å². The van der Waals surface area contributed by atoms with E-state index >= 15 is 0 Å². The zero-order valence-corrected chi connectivity index (χ0v) is 12.9. The molecule has 1 saturated heterocycles. The molecule has 4 nitrogen and oxygen atoms in total. The Hall–Kier alpha value is -0.710. The molecule has 19 heavy (non-hydrogen) atoms. The van der Waals surface area contributed by atoms with Crippen LogP contribution in [0.2, 0.25) is 10.0 Å². The molecule has 1 aliphatic rings. The number of nitrogens with zero attached hydrogens (tertiary/aromatic N) is 2. The number of nitrogen functional groups attached to an aromatic ring is 1. The zero-order chi connectivity index (χ0) is 14.0. The summed E-state index contributed by atoms with van der Waals surface area (Å²) in [4.78, 5) is 6.66. The Bertz CT molecular complexity index is 460. The standard InChI is InChI=1S/C13H20Cl2N4/c1-3-13(4-2)5-6-19(8-13)12-10(15)7-9(14)11(17-12)18-16/h7H,3-6,8,16H2,1-2H3,(H,17,18). The number of hydrazine groups is 1. The lowest BCUT2D eigenvalue weighted by molar-refractivity contribution is 0.301. The summed E-state index contributed by atoms with van der Waals surface area (Å²) in [6.07, 6.45) is 3.52. The lowest BCUT2D eigenvalue weighted by Gasteiger charge is -2.27. The van der Waals surface area contributed by atoms with Crippen LogP contribution in [-0.2, 0) is 0 Å². The fraction of sp³-hybridized carbons (Fsp3) is 0.615. The van der Waals surface area contributed by atoms with E-state index in [4.69, 9.17) is 29.0 Å². The summed E-state index contributed by atoms with van der Waals surface area (Å²) in [5.41, 5.74) is 2.88. The van der Waals surface area contributed by atoms with Crippen molar-refractivity contribution in [2.75, 3.05) is 23.4 Å². The molecule has 106 valence electrons. The van der Waals surface area contributed by atoms with Crippen LogP contribution in [0.4, 0.5) is 11.6 Å². The highest BCUT2D eigenvalue weighted by molar-refractivity contribution is 6.37. The summed E-state index contributed by atoms with van der Waals surface area (Å²) < 4.78 is 0. The highest BCUT2D eigenvalue weighted by Crippen LogP contribution is 2.41. The number of hydrogen-bond donors (Lipinski definition) is 2. The number of pyridine rings is 1. The third kappa shape index (κ3) is 2.76. The molecule has 6 heteroatoms. The second kappa shape index (κ2) is 5.73. The molecular weight excluding hydrogens is 283 g/mol. The molecule has 0 unspecified atom stereocenters. The largest absolute Gasteiger partial charge is 0.355 e. The smallest absolute Gasteiger partial charge is 0.161 e. The monoisotopic (exact) mass is 302 g/mol. The van der Waals surface area contributed by atoms with Gasteiger partial charge in [0.05, 0.1) is 10.0 Å². The van der Waals surface area contributed by atoms with Crippen LogP contribution < -0.4 is 16.2 Å². The molecule has 2 rings (SSSR count). The quantitative estimate of drug-likeness (QED) is 0.658. The Labute approximate surface area is 124 Å². The van der Waals surface area contributed by atoms with E-state index in [2.05, 4.69) is 29.2 Å². The number of rotatable bonds is 4. The number of aromatic nitrogens is 1. The van der Waals surface area contributed by atoms with Crippen molar-refractivity contribution in [2.24, 2.45) is 11.3 Å². The summed E-state index contributed by atoms with van der Waals surface area (Å²) in [5, 5.41) is 1.01. The predicted octanol–water partition coefficient (Wildman–Crippen LogP) is 3.69. The molecule has 3 N–H and O–H groups in total. The second-order valence-corrected chi connectivity index (χ2v) is 5.96. The van der Waals surface area contributed by atoms with Crippen LogP contribution in [0, 0.1) is 5.41 Å². The van der Waals surface area contributed by atoms with Crippen LogP contribution >= 0.6 is 23.2 Å². The van der Waals surface area contributed by atoms with Crippen LogP contribution in [0.15, 0.2) is 6.07 Å². The molecule has 2 heterocycles. The van der Waals surface area contributed by atoms with Gasteiger partial charge in [0.2, 0.25) is 0 Å². The highest BCUT2D eigenvalue weighted by atomic mass is 35.5. The Morgan fingerprint density at radius 2 is 2.05 bits per heavy atom. The minimum Gasteiger partial charge on any atom is -0.355 e. The first-order chi connectivity index (χ1) is 9.05. The van der Waals surface area contributed by atoms with Gasteiger partial charge in [0.1, 0.15) is 5.82 Å². The summed E-state index contributed by atoms with van der Waals surface area (Å²) in [6, 6.07) is 1.69. The Balaban J connectivity index is 2.29. The SMILES string of the molecule is CCC1(CC)CCN(c2nc(NN)c(Cl)cc2Cl)C1. The van der Waals surface area contributed by atoms with Gasteiger partial charge in [0.25, 0.3) is 0 Å². The van der Waals surface area contributed by atoms with Crippen molar-refractivity contribution in [1.29, 1.82) is 0 Å². The minimum absolute atomic E-state index is 0.376. The molecular formula is C13H20Cl2N4. The fourth-order valence-corrected chi connectivity index (χ4v) is 3.26. The van der Waals surface area contributed by atoms with Gasteiger partial charge in [-0.05, 0) is 30.7 Å². The van der Waals surface area contributed by atoms with Gasteiger partial charge in [-0.3, -0.25) is 0 Å². The van der Waals surface area contributed by atoms with Crippen LogP contribution in [0.25, 0.3) is 0 Å². The van der Waals surface area contributed by atoms with Gasteiger partial charge in [0, 0.05) is 13.1 Å². The molecule has 0 amide bonds. The lowest BCUT2D eigenvalue weighted by Crippen LogP contribution is -2.27. The van der Waals surface area contributed by atoms with Crippen molar-refractivity contribution in [2.45, 2.75) is 33.1 Å². The molecule has 1 aromatic rings.